The van der Waals surface area contributed by atoms with Gasteiger partial charge in [0.05, 0.1) is 16.8 Å². The van der Waals surface area contributed by atoms with Crippen LogP contribution < -0.4 is 5.32 Å². The van der Waals surface area contributed by atoms with E-state index < -0.39 is 0 Å². The molecule has 3 rings (SSSR count). The Morgan fingerprint density at radius 1 is 1.45 bits per heavy atom. The molecule has 7 heteroatoms. The van der Waals surface area contributed by atoms with Gasteiger partial charge >= 0.3 is 0 Å². The minimum atomic E-state index is -0.146. The molecule has 22 heavy (non-hydrogen) atoms. The second-order valence-corrected chi connectivity index (χ2v) is 5.94. The van der Waals surface area contributed by atoms with E-state index in [-0.39, 0.29) is 11.9 Å². The highest BCUT2D eigenvalue weighted by atomic mass is 32.1. The molecule has 0 radical (unpaired) electrons. The Morgan fingerprint density at radius 2 is 2.32 bits per heavy atom. The van der Waals surface area contributed by atoms with Crippen LogP contribution in [0, 0.1) is 0 Å². The second kappa shape index (κ2) is 6.48. The molecule has 3 aromatic rings. The van der Waals surface area contributed by atoms with E-state index in [4.69, 9.17) is 0 Å². The maximum Gasteiger partial charge on any atom is 0.244 e. The quantitative estimate of drug-likeness (QED) is 0.732. The van der Waals surface area contributed by atoms with E-state index in [9.17, 15) is 4.79 Å². The molecule has 1 N–H and O–H groups in total. The molecule has 0 spiro atoms. The van der Waals surface area contributed by atoms with Gasteiger partial charge in [-0.15, -0.1) is 11.3 Å². The standard InChI is InChI=1S/C15H15N5OS/c1-11(8-20-10-16-9-17-20)18-14(21)6-7-15-19-12-4-2-3-5-13(12)22-15/h2-7,9-11H,8H2,1H3,(H,18,21). The zero-order valence-corrected chi connectivity index (χ0v) is 12.8. The molecule has 1 aromatic carbocycles. The molecule has 0 saturated heterocycles. The normalized spacial score (nSPS) is 12.8. The molecule has 0 saturated carbocycles. The summed E-state index contributed by atoms with van der Waals surface area (Å²) >= 11 is 1.56. The van der Waals surface area contributed by atoms with Crippen molar-refractivity contribution >= 4 is 33.5 Å². The van der Waals surface area contributed by atoms with Gasteiger partial charge in [0, 0.05) is 12.1 Å². The first kappa shape index (κ1) is 14.4. The number of carbonyl (C=O) groups is 1. The monoisotopic (exact) mass is 313 g/mol. The van der Waals surface area contributed by atoms with Crippen LogP contribution in [0.25, 0.3) is 16.3 Å². The lowest BCUT2D eigenvalue weighted by atomic mass is 10.3. The van der Waals surface area contributed by atoms with Crippen LogP contribution in [0.4, 0.5) is 0 Å². The van der Waals surface area contributed by atoms with Crippen molar-refractivity contribution in [2.75, 3.05) is 0 Å². The molecule has 2 heterocycles. The van der Waals surface area contributed by atoms with E-state index in [1.165, 1.54) is 12.4 Å². The summed E-state index contributed by atoms with van der Waals surface area (Å²) in [5, 5.41) is 7.71. The molecule has 2 aromatic heterocycles. The highest BCUT2D eigenvalue weighted by Crippen LogP contribution is 2.22. The maximum atomic E-state index is 11.9. The lowest BCUT2D eigenvalue weighted by molar-refractivity contribution is -0.117. The van der Waals surface area contributed by atoms with E-state index in [0.717, 1.165) is 15.2 Å². The first-order valence-corrected chi connectivity index (χ1v) is 7.69. The third-order valence-corrected chi connectivity index (χ3v) is 4.01. The van der Waals surface area contributed by atoms with Crippen molar-refractivity contribution in [2.45, 2.75) is 19.5 Å². The maximum absolute atomic E-state index is 11.9. The van der Waals surface area contributed by atoms with Gasteiger partial charge in [-0.2, -0.15) is 5.10 Å². The smallest absolute Gasteiger partial charge is 0.244 e. The summed E-state index contributed by atoms with van der Waals surface area (Å²) in [7, 11) is 0. The van der Waals surface area contributed by atoms with Crippen molar-refractivity contribution in [2.24, 2.45) is 0 Å². The molecule has 0 bridgehead atoms. The number of aromatic nitrogens is 4. The van der Waals surface area contributed by atoms with Crippen molar-refractivity contribution in [1.82, 2.24) is 25.1 Å². The molecular formula is C15H15N5OS. The molecule has 1 amide bonds. The highest BCUT2D eigenvalue weighted by Gasteiger charge is 2.06. The fourth-order valence-corrected chi connectivity index (χ4v) is 2.92. The van der Waals surface area contributed by atoms with E-state index in [0.29, 0.717) is 6.54 Å². The summed E-state index contributed by atoms with van der Waals surface area (Å²) in [5.74, 6) is -0.146. The van der Waals surface area contributed by atoms with Crippen LogP contribution >= 0.6 is 11.3 Å². The molecular weight excluding hydrogens is 298 g/mol. The first-order chi connectivity index (χ1) is 10.7. The number of benzene rings is 1. The molecule has 1 unspecified atom stereocenters. The summed E-state index contributed by atoms with van der Waals surface area (Å²) in [4.78, 5) is 20.2. The van der Waals surface area contributed by atoms with Gasteiger partial charge in [-0.3, -0.25) is 9.48 Å². The van der Waals surface area contributed by atoms with Crippen molar-refractivity contribution in [3.8, 4) is 0 Å². The van der Waals surface area contributed by atoms with Gasteiger partial charge in [-0.05, 0) is 25.1 Å². The van der Waals surface area contributed by atoms with Crippen molar-refractivity contribution in [3.63, 3.8) is 0 Å². The molecule has 6 nitrogen and oxygen atoms in total. The Labute approximate surface area is 131 Å². The Hall–Kier alpha value is -2.54. The second-order valence-electron chi connectivity index (χ2n) is 4.88. The molecule has 0 aliphatic rings. The summed E-state index contributed by atoms with van der Waals surface area (Å²) in [6.45, 7) is 2.51. The van der Waals surface area contributed by atoms with Crippen molar-refractivity contribution < 1.29 is 4.79 Å². The highest BCUT2D eigenvalue weighted by molar-refractivity contribution is 7.19. The third-order valence-electron chi connectivity index (χ3n) is 3.00. The number of para-hydroxylation sites is 1. The van der Waals surface area contributed by atoms with Crippen LogP contribution in [-0.2, 0) is 11.3 Å². The number of nitrogens with one attached hydrogen (secondary N) is 1. The topological polar surface area (TPSA) is 72.7 Å². The number of hydrogen-bond acceptors (Lipinski definition) is 5. The number of carbonyl (C=O) groups excluding carboxylic acids is 1. The lowest BCUT2D eigenvalue weighted by Crippen LogP contribution is -2.34. The number of amides is 1. The Kier molecular flexibility index (Phi) is 4.24. The SMILES string of the molecule is CC(Cn1cncn1)NC(=O)C=Cc1nc2ccccc2s1. The van der Waals surface area contributed by atoms with Crippen LogP contribution in [0.5, 0.6) is 0 Å². The van der Waals surface area contributed by atoms with Crippen LogP contribution in [0.15, 0.2) is 43.0 Å². The molecule has 0 fully saturated rings. The Bertz CT molecular complexity index is 760. The third kappa shape index (κ3) is 3.56. The molecule has 112 valence electrons. The fraction of sp³-hybridized carbons (Fsp3) is 0.200. The van der Waals surface area contributed by atoms with Crippen LogP contribution in [0.3, 0.4) is 0 Å². The van der Waals surface area contributed by atoms with E-state index in [1.807, 2.05) is 31.2 Å². The summed E-state index contributed by atoms with van der Waals surface area (Å²) in [5.41, 5.74) is 0.951. The van der Waals surface area contributed by atoms with E-state index in [2.05, 4.69) is 20.4 Å². The number of rotatable bonds is 5. The average Bonchev–Trinajstić information content (AvgIpc) is 3.13. The van der Waals surface area contributed by atoms with E-state index >= 15 is 0 Å². The predicted octanol–water partition coefficient (Wildman–Crippen LogP) is 2.11. The molecule has 1 atom stereocenters. The largest absolute Gasteiger partial charge is 0.348 e. The van der Waals surface area contributed by atoms with Gasteiger partial charge in [-0.1, -0.05) is 12.1 Å². The van der Waals surface area contributed by atoms with Gasteiger partial charge in [0.15, 0.2) is 0 Å². The number of nitrogens with zero attached hydrogens (tertiary/aromatic N) is 4. The summed E-state index contributed by atoms with van der Waals surface area (Å²) < 4.78 is 2.80. The average molecular weight is 313 g/mol. The van der Waals surface area contributed by atoms with Gasteiger partial charge in [-0.25, -0.2) is 9.97 Å². The summed E-state index contributed by atoms with van der Waals surface area (Å²) in [6.07, 6.45) is 6.35. The predicted molar refractivity (Wildman–Crippen MR) is 86.3 cm³/mol. The van der Waals surface area contributed by atoms with Crippen LogP contribution in [0.2, 0.25) is 0 Å². The van der Waals surface area contributed by atoms with Gasteiger partial charge in [0.25, 0.3) is 0 Å². The molecule has 0 aliphatic heterocycles. The van der Waals surface area contributed by atoms with Crippen molar-refractivity contribution in [3.05, 3.63) is 48.0 Å². The fourth-order valence-electron chi connectivity index (χ4n) is 2.05. The first-order valence-electron chi connectivity index (χ1n) is 6.87. The number of fused-ring (bicyclic) bond motifs is 1. The zero-order chi connectivity index (χ0) is 15.4. The van der Waals surface area contributed by atoms with Gasteiger partial charge in [0.1, 0.15) is 17.7 Å². The Balaban J connectivity index is 1.58. The van der Waals surface area contributed by atoms with Gasteiger partial charge < -0.3 is 5.32 Å². The minimum Gasteiger partial charge on any atom is -0.348 e. The molecule has 0 aliphatic carbocycles. The summed E-state index contributed by atoms with van der Waals surface area (Å²) in [6, 6.07) is 7.88. The van der Waals surface area contributed by atoms with Crippen LogP contribution in [-0.4, -0.2) is 31.7 Å². The van der Waals surface area contributed by atoms with E-state index in [1.54, 1.807) is 28.4 Å². The van der Waals surface area contributed by atoms with Crippen LogP contribution in [0.1, 0.15) is 11.9 Å². The van der Waals surface area contributed by atoms with Gasteiger partial charge in [0.2, 0.25) is 5.91 Å². The zero-order valence-electron chi connectivity index (χ0n) is 12.0. The minimum absolute atomic E-state index is 0.0331. The number of hydrogen-bond donors (Lipinski definition) is 1. The Morgan fingerprint density at radius 3 is 3.09 bits per heavy atom. The lowest BCUT2D eigenvalue weighted by Gasteiger charge is -2.11. The number of thiazole rings is 1. The van der Waals surface area contributed by atoms with Crippen molar-refractivity contribution in [1.29, 1.82) is 0 Å².